The monoisotopic (exact) mass is 239 g/mol. The van der Waals surface area contributed by atoms with Gasteiger partial charge in [0.15, 0.2) is 0 Å². The van der Waals surface area contributed by atoms with E-state index in [1.54, 1.807) is 0 Å². The number of nitrogens with two attached hydrogens (primary N) is 1. The van der Waals surface area contributed by atoms with E-state index in [4.69, 9.17) is 5.73 Å². The van der Waals surface area contributed by atoms with E-state index in [9.17, 15) is 0 Å². The van der Waals surface area contributed by atoms with E-state index in [1.807, 2.05) is 0 Å². The SMILES string of the molecule is NCCCCN1CCN(CC2CCCC2)CC1. The summed E-state index contributed by atoms with van der Waals surface area (Å²) in [4.78, 5) is 5.30. The molecule has 0 amide bonds. The smallest absolute Gasteiger partial charge is 0.0110 e. The van der Waals surface area contributed by atoms with Gasteiger partial charge in [0.05, 0.1) is 0 Å². The van der Waals surface area contributed by atoms with E-state index in [0.29, 0.717) is 0 Å². The maximum absolute atomic E-state index is 5.53. The molecule has 3 heteroatoms. The van der Waals surface area contributed by atoms with Gasteiger partial charge >= 0.3 is 0 Å². The summed E-state index contributed by atoms with van der Waals surface area (Å²) in [5, 5.41) is 0. The normalized spacial score (nSPS) is 24.5. The second-order valence-electron chi connectivity index (χ2n) is 5.79. The predicted octanol–water partition coefficient (Wildman–Crippen LogP) is 1.53. The van der Waals surface area contributed by atoms with Crippen molar-refractivity contribution in [2.75, 3.05) is 45.8 Å². The molecule has 0 aromatic rings. The lowest BCUT2D eigenvalue weighted by Crippen LogP contribution is -2.47. The lowest BCUT2D eigenvalue weighted by Gasteiger charge is -2.35. The molecule has 0 atom stereocenters. The van der Waals surface area contributed by atoms with E-state index in [2.05, 4.69) is 9.80 Å². The molecule has 2 N–H and O–H groups in total. The van der Waals surface area contributed by atoms with E-state index in [0.717, 1.165) is 12.5 Å². The molecule has 3 nitrogen and oxygen atoms in total. The van der Waals surface area contributed by atoms with E-state index >= 15 is 0 Å². The molecule has 0 bridgehead atoms. The first-order chi connectivity index (χ1) is 8.38. The summed E-state index contributed by atoms with van der Waals surface area (Å²) >= 11 is 0. The summed E-state index contributed by atoms with van der Waals surface area (Å²) in [7, 11) is 0. The fourth-order valence-corrected chi connectivity index (χ4v) is 3.23. The van der Waals surface area contributed by atoms with Gasteiger partial charge < -0.3 is 15.5 Å². The van der Waals surface area contributed by atoms with Crippen LogP contribution in [0, 0.1) is 5.92 Å². The van der Waals surface area contributed by atoms with Crippen LogP contribution in [-0.4, -0.2) is 55.6 Å². The van der Waals surface area contributed by atoms with Crippen LogP contribution in [0.15, 0.2) is 0 Å². The van der Waals surface area contributed by atoms with E-state index in [1.165, 1.54) is 77.8 Å². The number of rotatable bonds is 6. The summed E-state index contributed by atoms with van der Waals surface area (Å²) in [5.41, 5.74) is 5.53. The lowest BCUT2D eigenvalue weighted by atomic mass is 10.1. The van der Waals surface area contributed by atoms with E-state index in [-0.39, 0.29) is 0 Å². The third-order valence-electron chi connectivity index (χ3n) is 4.38. The van der Waals surface area contributed by atoms with Gasteiger partial charge in [-0.25, -0.2) is 0 Å². The van der Waals surface area contributed by atoms with Crippen molar-refractivity contribution in [3.05, 3.63) is 0 Å². The van der Waals surface area contributed by atoms with Crippen LogP contribution in [0.1, 0.15) is 38.5 Å². The van der Waals surface area contributed by atoms with Crippen LogP contribution < -0.4 is 5.73 Å². The Hall–Kier alpha value is -0.120. The van der Waals surface area contributed by atoms with Crippen LogP contribution >= 0.6 is 0 Å². The van der Waals surface area contributed by atoms with Crippen LogP contribution in [0.4, 0.5) is 0 Å². The van der Waals surface area contributed by atoms with Crippen molar-refractivity contribution >= 4 is 0 Å². The topological polar surface area (TPSA) is 32.5 Å². The maximum atomic E-state index is 5.53. The van der Waals surface area contributed by atoms with Gasteiger partial charge in [-0.3, -0.25) is 0 Å². The van der Waals surface area contributed by atoms with Crippen molar-refractivity contribution in [2.45, 2.75) is 38.5 Å². The van der Waals surface area contributed by atoms with Gasteiger partial charge in [-0.1, -0.05) is 12.8 Å². The van der Waals surface area contributed by atoms with Gasteiger partial charge in [-0.15, -0.1) is 0 Å². The van der Waals surface area contributed by atoms with Crippen LogP contribution in [0.25, 0.3) is 0 Å². The minimum atomic E-state index is 0.849. The fourth-order valence-electron chi connectivity index (χ4n) is 3.23. The van der Waals surface area contributed by atoms with E-state index < -0.39 is 0 Å². The zero-order valence-corrected chi connectivity index (χ0v) is 11.2. The quantitative estimate of drug-likeness (QED) is 0.714. The molecule has 2 fully saturated rings. The molecule has 0 aromatic carbocycles. The van der Waals surface area contributed by atoms with Gasteiger partial charge in [0.2, 0.25) is 0 Å². The first kappa shape index (κ1) is 13.3. The van der Waals surface area contributed by atoms with Crippen molar-refractivity contribution in [1.29, 1.82) is 0 Å². The number of nitrogens with zero attached hydrogens (tertiary/aromatic N) is 2. The number of hydrogen-bond donors (Lipinski definition) is 1. The van der Waals surface area contributed by atoms with Crippen molar-refractivity contribution in [3.63, 3.8) is 0 Å². The minimum absolute atomic E-state index is 0.849. The fraction of sp³-hybridized carbons (Fsp3) is 1.00. The second-order valence-corrected chi connectivity index (χ2v) is 5.79. The summed E-state index contributed by atoms with van der Waals surface area (Å²) in [5.74, 6) is 1.01. The zero-order valence-electron chi connectivity index (χ0n) is 11.2. The molecule has 1 saturated carbocycles. The van der Waals surface area contributed by atoms with Gasteiger partial charge in [0, 0.05) is 32.7 Å². The van der Waals surface area contributed by atoms with Gasteiger partial charge in [0.1, 0.15) is 0 Å². The molecule has 2 aliphatic rings. The summed E-state index contributed by atoms with van der Waals surface area (Å²) in [6.07, 6.45) is 8.38. The van der Waals surface area contributed by atoms with Crippen molar-refractivity contribution in [1.82, 2.24) is 9.80 Å². The largest absolute Gasteiger partial charge is 0.330 e. The highest BCUT2D eigenvalue weighted by Gasteiger charge is 2.21. The lowest BCUT2D eigenvalue weighted by molar-refractivity contribution is 0.117. The molecule has 0 spiro atoms. The van der Waals surface area contributed by atoms with Gasteiger partial charge in [-0.05, 0) is 44.7 Å². The Kier molecular flexibility index (Phi) is 5.75. The molecule has 0 aromatic heterocycles. The number of piperazine rings is 1. The molecule has 1 aliphatic carbocycles. The van der Waals surface area contributed by atoms with Crippen LogP contribution in [-0.2, 0) is 0 Å². The van der Waals surface area contributed by atoms with Crippen molar-refractivity contribution in [2.24, 2.45) is 11.7 Å². The van der Waals surface area contributed by atoms with Gasteiger partial charge in [-0.2, -0.15) is 0 Å². The highest BCUT2D eigenvalue weighted by Crippen LogP contribution is 2.25. The molecule has 1 aliphatic heterocycles. The summed E-state index contributed by atoms with van der Waals surface area (Å²) < 4.78 is 0. The molecule has 2 rings (SSSR count). The third-order valence-corrected chi connectivity index (χ3v) is 4.38. The molecule has 100 valence electrons. The predicted molar refractivity (Wildman–Crippen MR) is 73.1 cm³/mol. The van der Waals surface area contributed by atoms with Crippen LogP contribution in [0.3, 0.4) is 0 Å². The van der Waals surface area contributed by atoms with Crippen LogP contribution in [0.5, 0.6) is 0 Å². The average molecular weight is 239 g/mol. The maximum Gasteiger partial charge on any atom is 0.0110 e. The van der Waals surface area contributed by atoms with Crippen molar-refractivity contribution < 1.29 is 0 Å². The number of unbranched alkanes of at least 4 members (excludes halogenated alkanes) is 1. The second kappa shape index (κ2) is 7.34. The third kappa shape index (κ3) is 4.57. The standard InChI is InChI=1S/C14H29N3/c15-7-3-4-8-16-9-11-17(12-10-16)13-14-5-1-2-6-14/h14H,1-13,15H2. The highest BCUT2D eigenvalue weighted by molar-refractivity contribution is 4.76. The molecular formula is C14H29N3. The molecule has 0 unspecified atom stereocenters. The van der Waals surface area contributed by atoms with Crippen LogP contribution in [0.2, 0.25) is 0 Å². The first-order valence-electron chi connectivity index (χ1n) is 7.53. The molecule has 1 saturated heterocycles. The Balaban J connectivity index is 1.57. The van der Waals surface area contributed by atoms with Gasteiger partial charge in [0.25, 0.3) is 0 Å². The molecule has 17 heavy (non-hydrogen) atoms. The van der Waals surface area contributed by atoms with Crippen molar-refractivity contribution in [3.8, 4) is 0 Å². The molecule has 1 heterocycles. The Morgan fingerprint density at radius 3 is 2.18 bits per heavy atom. The molecular weight excluding hydrogens is 210 g/mol. The summed E-state index contributed by atoms with van der Waals surface area (Å²) in [6.45, 7) is 8.61. The highest BCUT2D eigenvalue weighted by atomic mass is 15.3. The zero-order chi connectivity index (χ0) is 11.9. The Labute approximate surface area is 106 Å². The Morgan fingerprint density at radius 1 is 0.882 bits per heavy atom. The average Bonchev–Trinajstić information content (AvgIpc) is 2.85. The Bertz CT molecular complexity index is 194. The Morgan fingerprint density at radius 2 is 1.53 bits per heavy atom. The first-order valence-corrected chi connectivity index (χ1v) is 7.53. The summed E-state index contributed by atoms with van der Waals surface area (Å²) in [6, 6.07) is 0. The molecule has 0 radical (unpaired) electrons. The minimum Gasteiger partial charge on any atom is -0.330 e. The number of hydrogen-bond acceptors (Lipinski definition) is 3.